The number of anilines is 1. The van der Waals surface area contributed by atoms with Crippen molar-refractivity contribution in [2.24, 2.45) is 0 Å². The van der Waals surface area contributed by atoms with Gasteiger partial charge in [-0.15, -0.1) is 0 Å². The van der Waals surface area contributed by atoms with E-state index in [0.717, 1.165) is 5.56 Å². The van der Waals surface area contributed by atoms with E-state index in [1.165, 1.54) is 0 Å². The molecular formula is C12H19ClN4O2. The van der Waals surface area contributed by atoms with Crippen molar-refractivity contribution in [3.8, 4) is 0 Å². The summed E-state index contributed by atoms with van der Waals surface area (Å²) in [6.45, 7) is 8.27. The van der Waals surface area contributed by atoms with Gasteiger partial charge in [0.15, 0.2) is 0 Å². The highest BCUT2D eigenvalue weighted by molar-refractivity contribution is 6.28. The molecule has 0 fully saturated rings. The van der Waals surface area contributed by atoms with Crippen LogP contribution in [0.2, 0.25) is 5.28 Å². The standard InChI is InChI=1S/C12H19ClN4O2/c1-8-7-16-10(13)17-9(8)14-5-6-15-11(18)19-12(2,3)4/h7H,5-6H2,1-4H3,(H,15,18)(H,14,16,17). The minimum absolute atomic E-state index is 0.188. The second-order valence-corrected chi connectivity index (χ2v) is 5.36. The highest BCUT2D eigenvalue weighted by Gasteiger charge is 2.15. The molecular weight excluding hydrogens is 268 g/mol. The number of halogens is 1. The predicted octanol–water partition coefficient (Wildman–Crippen LogP) is 2.38. The number of carbonyl (C=O) groups excluding carboxylic acids is 1. The summed E-state index contributed by atoms with van der Waals surface area (Å²) in [7, 11) is 0. The van der Waals surface area contributed by atoms with Crippen LogP contribution < -0.4 is 10.6 Å². The van der Waals surface area contributed by atoms with Crippen LogP contribution >= 0.6 is 11.6 Å². The van der Waals surface area contributed by atoms with E-state index in [9.17, 15) is 4.79 Å². The molecule has 2 N–H and O–H groups in total. The molecule has 0 saturated heterocycles. The Labute approximate surface area is 117 Å². The van der Waals surface area contributed by atoms with Gasteiger partial charge in [0.25, 0.3) is 0 Å². The summed E-state index contributed by atoms with van der Waals surface area (Å²) in [5.74, 6) is 0.658. The van der Waals surface area contributed by atoms with Crippen LogP contribution in [-0.4, -0.2) is 34.8 Å². The third kappa shape index (κ3) is 6.24. The van der Waals surface area contributed by atoms with Gasteiger partial charge in [-0.1, -0.05) is 0 Å². The average molecular weight is 287 g/mol. The van der Waals surface area contributed by atoms with Gasteiger partial charge in [-0.25, -0.2) is 14.8 Å². The normalized spacial score (nSPS) is 11.0. The molecule has 0 aliphatic heterocycles. The molecule has 106 valence electrons. The number of alkyl carbamates (subject to hydrolysis) is 1. The van der Waals surface area contributed by atoms with E-state index >= 15 is 0 Å². The maximum absolute atomic E-state index is 11.4. The van der Waals surface area contributed by atoms with Gasteiger partial charge in [0.05, 0.1) is 0 Å². The van der Waals surface area contributed by atoms with E-state index < -0.39 is 11.7 Å². The average Bonchev–Trinajstić information content (AvgIpc) is 2.26. The lowest BCUT2D eigenvalue weighted by Crippen LogP contribution is -2.35. The van der Waals surface area contributed by atoms with Crippen LogP contribution in [0.3, 0.4) is 0 Å². The van der Waals surface area contributed by atoms with Gasteiger partial charge < -0.3 is 15.4 Å². The van der Waals surface area contributed by atoms with Gasteiger partial charge in [-0.2, -0.15) is 0 Å². The lowest BCUT2D eigenvalue weighted by molar-refractivity contribution is 0.0530. The molecule has 0 radical (unpaired) electrons. The topological polar surface area (TPSA) is 76.1 Å². The molecule has 0 aromatic carbocycles. The number of nitrogens with one attached hydrogen (secondary N) is 2. The van der Waals surface area contributed by atoms with Gasteiger partial charge in [-0.05, 0) is 39.3 Å². The summed E-state index contributed by atoms with van der Waals surface area (Å²) in [6.07, 6.45) is 1.20. The summed E-state index contributed by atoms with van der Waals surface area (Å²) in [5, 5.41) is 5.90. The Balaban J connectivity index is 2.31. The number of rotatable bonds is 4. The van der Waals surface area contributed by atoms with Crippen LogP contribution in [0.5, 0.6) is 0 Å². The quantitative estimate of drug-likeness (QED) is 0.656. The molecule has 0 aliphatic carbocycles. The lowest BCUT2D eigenvalue weighted by atomic mass is 10.2. The van der Waals surface area contributed by atoms with Crippen LogP contribution in [-0.2, 0) is 4.74 Å². The van der Waals surface area contributed by atoms with Crippen molar-refractivity contribution in [2.75, 3.05) is 18.4 Å². The Kier molecular flexibility index (Phi) is 5.35. The Morgan fingerprint density at radius 2 is 2.11 bits per heavy atom. The van der Waals surface area contributed by atoms with E-state index in [2.05, 4.69) is 20.6 Å². The molecule has 0 aliphatic rings. The molecule has 7 heteroatoms. The van der Waals surface area contributed by atoms with Crippen molar-refractivity contribution in [1.82, 2.24) is 15.3 Å². The smallest absolute Gasteiger partial charge is 0.407 e. The van der Waals surface area contributed by atoms with Gasteiger partial charge in [0.1, 0.15) is 11.4 Å². The molecule has 1 aromatic rings. The SMILES string of the molecule is Cc1cnc(Cl)nc1NCCNC(=O)OC(C)(C)C. The third-order valence-corrected chi connectivity index (χ3v) is 2.21. The first kappa shape index (κ1) is 15.5. The van der Waals surface area contributed by atoms with E-state index in [1.54, 1.807) is 6.20 Å². The molecule has 1 aromatic heterocycles. The predicted molar refractivity (Wildman–Crippen MR) is 74.5 cm³/mol. The minimum Gasteiger partial charge on any atom is -0.444 e. The molecule has 0 bridgehead atoms. The van der Waals surface area contributed by atoms with Crippen molar-refractivity contribution in [2.45, 2.75) is 33.3 Å². The fraction of sp³-hybridized carbons (Fsp3) is 0.583. The second-order valence-electron chi connectivity index (χ2n) is 5.03. The Bertz CT molecular complexity index is 446. The number of aryl methyl sites for hydroxylation is 1. The first-order valence-electron chi connectivity index (χ1n) is 5.98. The zero-order chi connectivity index (χ0) is 14.5. The van der Waals surface area contributed by atoms with Crippen molar-refractivity contribution in [3.63, 3.8) is 0 Å². The molecule has 1 rings (SSSR count). The highest BCUT2D eigenvalue weighted by Crippen LogP contribution is 2.11. The van der Waals surface area contributed by atoms with Crippen molar-refractivity contribution < 1.29 is 9.53 Å². The molecule has 0 unspecified atom stereocenters. The van der Waals surface area contributed by atoms with Gasteiger partial charge in [0, 0.05) is 24.8 Å². The van der Waals surface area contributed by atoms with E-state index in [1.807, 2.05) is 27.7 Å². The molecule has 0 saturated carbocycles. The number of nitrogens with zero attached hydrogens (tertiary/aromatic N) is 2. The fourth-order valence-corrected chi connectivity index (χ4v) is 1.39. The highest BCUT2D eigenvalue weighted by atomic mass is 35.5. The molecule has 19 heavy (non-hydrogen) atoms. The first-order valence-corrected chi connectivity index (χ1v) is 6.35. The summed E-state index contributed by atoms with van der Waals surface area (Å²) in [6, 6.07) is 0. The van der Waals surface area contributed by atoms with Crippen LogP contribution in [0.15, 0.2) is 6.20 Å². The zero-order valence-corrected chi connectivity index (χ0v) is 12.3. The number of aromatic nitrogens is 2. The maximum Gasteiger partial charge on any atom is 0.407 e. The summed E-state index contributed by atoms with van der Waals surface area (Å²) < 4.78 is 5.11. The monoisotopic (exact) mass is 286 g/mol. The summed E-state index contributed by atoms with van der Waals surface area (Å²) in [4.78, 5) is 19.3. The van der Waals surface area contributed by atoms with Crippen LogP contribution in [0.25, 0.3) is 0 Å². The van der Waals surface area contributed by atoms with E-state index in [4.69, 9.17) is 16.3 Å². The minimum atomic E-state index is -0.492. The molecule has 0 atom stereocenters. The van der Waals surface area contributed by atoms with Gasteiger partial charge >= 0.3 is 6.09 Å². The van der Waals surface area contributed by atoms with Crippen LogP contribution in [0, 0.1) is 6.92 Å². The lowest BCUT2D eigenvalue weighted by Gasteiger charge is -2.19. The number of amides is 1. The van der Waals surface area contributed by atoms with Crippen LogP contribution in [0.4, 0.5) is 10.6 Å². The van der Waals surface area contributed by atoms with E-state index in [0.29, 0.717) is 18.9 Å². The number of ether oxygens (including phenoxy) is 1. The summed E-state index contributed by atoms with van der Waals surface area (Å²) >= 11 is 5.70. The van der Waals surface area contributed by atoms with Gasteiger partial charge in [0.2, 0.25) is 5.28 Å². The number of carbonyl (C=O) groups is 1. The number of hydrogen-bond donors (Lipinski definition) is 2. The maximum atomic E-state index is 11.4. The van der Waals surface area contributed by atoms with Crippen molar-refractivity contribution in [1.29, 1.82) is 0 Å². The van der Waals surface area contributed by atoms with Crippen molar-refractivity contribution in [3.05, 3.63) is 17.0 Å². The fourth-order valence-electron chi connectivity index (χ4n) is 1.26. The van der Waals surface area contributed by atoms with Crippen molar-refractivity contribution >= 4 is 23.5 Å². The molecule has 1 amide bonds. The molecule has 1 heterocycles. The largest absolute Gasteiger partial charge is 0.444 e. The number of hydrogen-bond acceptors (Lipinski definition) is 5. The molecule has 0 spiro atoms. The van der Waals surface area contributed by atoms with Gasteiger partial charge in [-0.3, -0.25) is 0 Å². The van der Waals surface area contributed by atoms with Crippen LogP contribution in [0.1, 0.15) is 26.3 Å². The third-order valence-electron chi connectivity index (χ3n) is 2.03. The van der Waals surface area contributed by atoms with E-state index in [-0.39, 0.29) is 5.28 Å². The Morgan fingerprint density at radius 3 is 2.74 bits per heavy atom. The first-order chi connectivity index (χ1) is 8.78. The Hall–Kier alpha value is -1.56. The Morgan fingerprint density at radius 1 is 1.42 bits per heavy atom. The molecule has 6 nitrogen and oxygen atoms in total. The summed E-state index contributed by atoms with van der Waals surface area (Å²) in [5.41, 5.74) is 0.399. The second kappa shape index (κ2) is 6.56. The zero-order valence-electron chi connectivity index (χ0n) is 11.6.